The molecule has 3 heterocycles. The maximum absolute atomic E-state index is 12.6. The summed E-state index contributed by atoms with van der Waals surface area (Å²) in [6.07, 6.45) is 5.32. The van der Waals surface area contributed by atoms with Gasteiger partial charge in [0.2, 0.25) is 5.91 Å². The molecule has 162 valence electrons. The Morgan fingerprint density at radius 3 is 2.81 bits per heavy atom. The lowest BCUT2D eigenvalue weighted by Crippen LogP contribution is -2.31. The first-order valence-corrected chi connectivity index (χ1v) is 11.3. The first kappa shape index (κ1) is 21.3. The van der Waals surface area contributed by atoms with Gasteiger partial charge in [0.25, 0.3) is 5.91 Å². The van der Waals surface area contributed by atoms with Crippen LogP contribution in [0.5, 0.6) is 5.75 Å². The number of nitrogens with one attached hydrogen (secondary N) is 2. The minimum absolute atomic E-state index is 0.0637. The van der Waals surface area contributed by atoms with E-state index in [9.17, 15) is 14.7 Å². The smallest absolute Gasteiger partial charge is 0.267 e. The summed E-state index contributed by atoms with van der Waals surface area (Å²) in [4.78, 5) is 31.4. The summed E-state index contributed by atoms with van der Waals surface area (Å²) in [5.41, 5.74) is 1.08. The van der Waals surface area contributed by atoms with Crippen molar-refractivity contribution in [1.82, 2.24) is 19.7 Å². The van der Waals surface area contributed by atoms with Crippen molar-refractivity contribution >= 4 is 55.7 Å². The highest BCUT2D eigenvalue weighted by molar-refractivity contribution is 9.10. The fraction of sp³-hybridized carbons (Fsp3) is 0.300. The van der Waals surface area contributed by atoms with Crippen LogP contribution in [0.25, 0.3) is 0 Å². The van der Waals surface area contributed by atoms with E-state index in [-0.39, 0.29) is 24.1 Å². The summed E-state index contributed by atoms with van der Waals surface area (Å²) in [7, 11) is 0. The molecule has 0 radical (unpaired) electrons. The van der Waals surface area contributed by atoms with Gasteiger partial charge in [-0.3, -0.25) is 14.3 Å². The molecular formula is C20H21BrN6O3S. The Bertz CT molecular complexity index is 1120. The third-order valence-electron chi connectivity index (χ3n) is 4.99. The molecule has 3 N–H and O–H groups in total. The lowest BCUT2D eigenvalue weighted by molar-refractivity contribution is -0.130. The van der Waals surface area contributed by atoms with Crippen LogP contribution < -0.4 is 10.6 Å². The minimum atomic E-state index is -0.332. The van der Waals surface area contributed by atoms with Crippen LogP contribution in [0.15, 0.2) is 35.1 Å². The molecule has 0 unspecified atom stereocenters. The van der Waals surface area contributed by atoms with Crippen molar-refractivity contribution < 1.29 is 14.7 Å². The Kier molecular flexibility index (Phi) is 6.23. The number of nitrogens with zero attached hydrogens (tertiary/aromatic N) is 4. The number of phenols is 1. The van der Waals surface area contributed by atoms with Gasteiger partial charge in [-0.15, -0.1) is 0 Å². The number of halogens is 1. The molecule has 3 aromatic rings. The number of thiazole rings is 1. The second kappa shape index (κ2) is 9.06. The topological polar surface area (TPSA) is 112 Å². The van der Waals surface area contributed by atoms with E-state index >= 15 is 0 Å². The number of benzene rings is 1. The van der Waals surface area contributed by atoms with E-state index in [0.29, 0.717) is 31.6 Å². The van der Waals surface area contributed by atoms with Gasteiger partial charge >= 0.3 is 0 Å². The fourth-order valence-corrected chi connectivity index (χ4v) is 4.51. The highest BCUT2D eigenvalue weighted by atomic mass is 79.9. The number of aromatic nitrogens is 3. The molecule has 0 bridgehead atoms. The predicted octanol–water partition coefficient (Wildman–Crippen LogP) is 3.73. The summed E-state index contributed by atoms with van der Waals surface area (Å²) in [5, 5.41) is 20.6. The van der Waals surface area contributed by atoms with Crippen LogP contribution in [0.3, 0.4) is 0 Å². The molecule has 0 atom stereocenters. The van der Waals surface area contributed by atoms with Crippen LogP contribution in [0.2, 0.25) is 0 Å². The lowest BCUT2D eigenvalue weighted by Gasteiger charge is -2.14. The van der Waals surface area contributed by atoms with Crippen LogP contribution >= 0.6 is 27.3 Å². The minimum Gasteiger partial charge on any atom is -0.508 e. The Morgan fingerprint density at radius 2 is 2.03 bits per heavy atom. The molecule has 4 rings (SSSR count). The Hall–Kier alpha value is -2.92. The molecule has 9 nitrogen and oxygen atoms in total. The van der Waals surface area contributed by atoms with Gasteiger partial charge in [-0.05, 0) is 47.8 Å². The average Bonchev–Trinajstić information content (AvgIpc) is 3.50. The van der Waals surface area contributed by atoms with E-state index < -0.39 is 0 Å². The maximum Gasteiger partial charge on any atom is 0.267 e. The average molecular weight is 505 g/mol. The van der Waals surface area contributed by atoms with E-state index in [1.54, 1.807) is 36.0 Å². The molecule has 0 saturated carbocycles. The van der Waals surface area contributed by atoms with Gasteiger partial charge in [0.1, 0.15) is 17.2 Å². The van der Waals surface area contributed by atoms with Crippen molar-refractivity contribution in [2.24, 2.45) is 0 Å². The van der Waals surface area contributed by atoms with Gasteiger partial charge in [-0.1, -0.05) is 11.3 Å². The molecule has 1 aliphatic rings. The lowest BCUT2D eigenvalue weighted by atomic mass is 10.2. The first-order valence-electron chi connectivity index (χ1n) is 9.74. The third kappa shape index (κ3) is 4.88. The van der Waals surface area contributed by atoms with Gasteiger partial charge in [0.15, 0.2) is 10.9 Å². The molecule has 1 aromatic carbocycles. The van der Waals surface area contributed by atoms with Crippen LogP contribution in [0.1, 0.15) is 28.1 Å². The van der Waals surface area contributed by atoms with E-state index in [0.717, 1.165) is 25.9 Å². The van der Waals surface area contributed by atoms with E-state index in [1.165, 1.54) is 17.5 Å². The number of aromatic hydroxyl groups is 1. The standard InChI is InChI=1S/C20H21BrN6O3S/c1-12-14(28)5-4-13(21)18(12)24-19(30)15-10-22-20(31-15)23-16-6-9-27(25-16)11-17(29)26-7-2-3-8-26/h4-6,9-10,28H,2-3,7-8,11H2,1H3,(H,24,30)(H,22,23,25). The quantitative estimate of drug-likeness (QED) is 0.471. The molecule has 11 heteroatoms. The number of amides is 2. The number of hydrogen-bond acceptors (Lipinski definition) is 7. The van der Waals surface area contributed by atoms with Crippen LogP contribution in [0, 0.1) is 6.92 Å². The number of likely N-dealkylation sites (tertiary alicyclic amines) is 1. The molecule has 31 heavy (non-hydrogen) atoms. The molecular weight excluding hydrogens is 484 g/mol. The third-order valence-corrected chi connectivity index (χ3v) is 6.56. The number of hydrogen-bond donors (Lipinski definition) is 3. The molecule has 2 aromatic heterocycles. The second-order valence-electron chi connectivity index (χ2n) is 7.16. The first-order chi connectivity index (χ1) is 14.9. The second-order valence-corrected chi connectivity index (χ2v) is 9.05. The summed E-state index contributed by atoms with van der Waals surface area (Å²) in [6, 6.07) is 4.98. The Morgan fingerprint density at radius 1 is 1.26 bits per heavy atom. The van der Waals surface area contributed by atoms with Crippen molar-refractivity contribution in [1.29, 1.82) is 0 Å². The molecule has 2 amide bonds. The Labute approximate surface area is 191 Å². The number of anilines is 3. The summed E-state index contributed by atoms with van der Waals surface area (Å²) in [6.45, 7) is 3.55. The Balaban J connectivity index is 1.38. The molecule has 0 spiro atoms. The fourth-order valence-electron chi connectivity index (χ4n) is 3.26. The van der Waals surface area contributed by atoms with Gasteiger partial charge in [-0.2, -0.15) is 5.10 Å². The van der Waals surface area contributed by atoms with Crippen molar-refractivity contribution in [2.75, 3.05) is 23.7 Å². The number of carbonyl (C=O) groups excluding carboxylic acids is 2. The number of rotatable bonds is 6. The van der Waals surface area contributed by atoms with Crippen molar-refractivity contribution in [3.63, 3.8) is 0 Å². The summed E-state index contributed by atoms with van der Waals surface area (Å²) in [5.74, 6) is 0.376. The van der Waals surface area contributed by atoms with Gasteiger partial charge < -0.3 is 20.6 Å². The summed E-state index contributed by atoms with van der Waals surface area (Å²) >= 11 is 4.56. The zero-order valence-corrected chi connectivity index (χ0v) is 19.2. The molecule has 1 fully saturated rings. The van der Waals surface area contributed by atoms with E-state index in [4.69, 9.17) is 0 Å². The van der Waals surface area contributed by atoms with Crippen LogP contribution in [0.4, 0.5) is 16.6 Å². The monoisotopic (exact) mass is 504 g/mol. The number of phenolic OH excluding ortho intramolecular Hbond substituents is 1. The van der Waals surface area contributed by atoms with Gasteiger partial charge in [0.05, 0.1) is 11.9 Å². The molecule has 1 saturated heterocycles. The zero-order chi connectivity index (χ0) is 22.0. The molecule has 0 aliphatic carbocycles. The highest BCUT2D eigenvalue weighted by Gasteiger charge is 2.19. The normalized spacial score (nSPS) is 13.4. The van der Waals surface area contributed by atoms with E-state index in [2.05, 4.69) is 36.6 Å². The predicted molar refractivity (Wildman–Crippen MR) is 122 cm³/mol. The van der Waals surface area contributed by atoms with Crippen LogP contribution in [-0.2, 0) is 11.3 Å². The van der Waals surface area contributed by atoms with E-state index in [1.807, 2.05) is 4.90 Å². The molecule has 1 aliphatic heterocycles. The zero-order valence-electron chi connectivity index (χ0n) is 16.8. The van der Waals surface area contributed by atoms with Gasteiger partial charge in [0, 0.05) is 35.4 Å². The largest absolute Gasteiger partial charge is 0.508 e. The SMILES string of the molecule is Cc1c(O)ccc(Br)c1NC(=O)c1cnc(Nc2ccn(CC(=O)N3CCCC3)n2)s1. The number of carbonyl (C=O) groups is 2. The summed E-state index contributed by atoms with van der Waals surface area (Å²) < 4.78 is 2.26. The van der Waals surface area contributed by atoms with Crippen molar-refractivity contribution in [2.45, 2.75) is 26.3 Å². The maximum atomic E-state index is 12.6. The van der Waals surface area contributed by atoms with Gasteiger partial charge in [-0.25, -0.2) is 4.98 Å². The van der Waals surface area contributed by atoms with Crippen molar-refractivity contribution in [3.8, 4) is 5.75 Å². The van der Waals surface area contributed by atoms with Crippen LogP contribution in [-0.4, -0.2) is 49.7 Å². The highest BCUT2D eigenvalue weighted by Crippen LogP contribution is 2.33. The van der Waals surface area contributed by atoms with Crippen molar-refractivity contribution in [3.05, 3.63) is 45.5 Å².